The van der Waals surface area contributed by atoms with E-state index in [1.165, 1.54) is 36.4 Å². The Bertz CT molecular complexity index is 1310. The van der Waals surface area contributed by atoms with Crippen molar-refractivity contribution in [2.75, 3.05) is 13.2 Å². The molecule has 0 aliphatic carbocycles. The molecule has 1 aliphatic rings. The molecule has 2 N–H and O–H groups in total. The van der Waals surface area contributed by atoms with Gasteiger partial charge in [0, 0.05) is 31.2 Å². The number of nitrogens with one attached hydrogen (secondary N) is 2. The molecule has 3 aromatic carbocycles. The van der Waals surface area contributed by atoms with Crippen molar-refractivity contribution in [2.45, 2.75) is 42.7 Å². The predicted octanol–water partition coefficient (Wildman–Crippen LogP) is 3.44. The maximum absolute atomic E-state index is 13.3. The smallest absolute Gasteiger partial charge is 0.251 e. The van der Waals surface area contributed by atoms with E-state index in [0.717, 1.165) is 5.56 Å². The summed E-state index contributed by atoms with van der Waals surface area (Å²) < 4.78 is 46.7. The number of hydrogen-bond acceptors (Lipinski definition) is 5. The molecule has 3 aromatic rings. The summed E-state index contributed by atoms with van der Waals surface area (Å²) in [6, 6.07) is 19.6. The summed E-state index contributed by atoms with van der Waals surface area (Å²) in [6.07, 6.45) is 1.54. The summed E-state index contributed by atoms with van der Waals surface area (Å²) in [7, 11) is -3.69. The number of carbonyl (C=O) groups is 2. The van der Waals surface area contributed by atoms with E-state index < -0.39 is 27.8 Å². The summed E-state index contributed by atoms with van der Waals surface area (Å²) in [4.78, 5) is 26.2. The van der Waals surface area contributed by atoms with Crippen molar-refractivity contribution in [1.82, 2.24) is 10.0 Å². The van der Waals surface area contributed by atoms with Crippen molar-refractivity contribution < 1.29 is 27.1 Å². The number of hydrogen-bond donors (Lipinski definition) is 2. The number of sulfonamides is 1. The molecule has 0 radical (unpaired) electrons. The van der Waals surface area contributed by atoms with Gasteiger partial charge in [0.2, 0.25) is 10.0 Å². The topological polar surface area (TPSA) is 102 Å². The van der Waals surface area contributed by atoms with Crippen LogP contribution in [0.2, 0.25) is 0 Å². The van der Waals surface area contributed by atoms with Crippen molar-refractivity contribution >= 4 is 21.7 Å². The van der Waals surface area contributed by atoms with Gasteiger partial charge in [0.05, 0.1) is 10.9 Å². The molecule has 1 aliphatic heterocycles. The monoisotopic (exact) mass is 524 g/mol. The molecule has 1 atom stereocenters. The largest absolute Gasteiger partial charge is 0.381 e. The number of rotatable bonds is 10. The van der Waals surface area contributed by atoms with E-state index in [4.69, 9.17) is 4.74 Å². The zero-order valence-corrected chi connectivity index (χ0v) is 21.0. The van der Waals surface area contributed by atoms with Gasteiger partial charge < -0.3 is 10.1 Å². The van der Waals surface area contributed by atoms with Gasteiger partial charge in [-0.15, -0.1) is 0 Å². The van der Waals surface area contributed by atoms with Gasteiger partial charge in [-0.3, -0.25) is 9.59 Å². The van der Waals surface area contributed by atoms with E-state index in [-0.39, 0.29) is 35.1 Å². The molecule has 4 rings (SSSR count). The number of amides is 1. The van der Waals surface area contributed by atoms with Gasteiger partial charge in [0.1, 0.15) is 5.82 Å². The minimum absolute atomic E-state index is 0.00885. The molecule has 0 saturated carbocycles. The minimum atomic E-state index is -3.69. The number of benzene rings is 3. The number of carbonyl (C=O) groups excluding carboxylic acids is 2. The molecule has 0 bridgehead atoms. The minimum Gasteiger partial charge on any atom is -0.381 e. The fourth-order valence-corrected chi connectivity index (χ4v) is 5.46. The number of halogens is 1. The van der Waals surface area contributed by atoms with Crippen LogP contribution in [0.5, 0.6) is 0 Å². The van der Waals surface area contributed by atoms with Gasteiger partial charge >= 0.3 is 0 Å². The van der Waals surface area contributed by atoms with Crippen molar-refractivity contribution in [2.24, 2.45) is 0 Å². The fourth-order valence-electron chi connectivity index (χ4n) is 4.15. The molecule has 0 spiro atoms. The SMILES string of the molecule is O=C(N[C@@H](Cc1ccccc1)C(=O)Cc1ccc(S(=O)(=O)NC2CCOCC2)cc1)c1ccc(F)cc1. The van der Waals surface area contributed by atoms with E-state index >= 15 is 0 Å². The summed E-state index contributed by atoms with van der Waals surface area (Å²) in [5.74, 6) is -1.16. The molecule has 0 aromatic heterocycles. The lowest BCUT2D eigenvalue weighted by Crippen LogP contribution is -2.43. The molecule has 37 heavy (non-hydrogen) atoms. The van der Waals surface area contributed by atoms with Crippen LogP contribution in [0, 0.1) is 5.82 Å². The highest BCUT2D eigenvalue weighted by Crippen LogP contribution is 2.16. The van der Waals surface area contributed by atoms with Gasteiger partial charge in [-0.05, 0) is 66.8 Å². The van der Waals surface area contributed by atoms with Crippen molar-refractivity contribution in [3.63, 3.8) is 0 Å². The van der Waals surface area contributed by atoms with Gasteiger partial charge in [-0.25, -0.2) is 17.5 Å². The highest BCUT2D eigenvalue weighted by atomic mass is 32.2. The van der Waals surface area contributed by atoms with Crippen molar-refractivity contribution in [3.8, 4) is 0 Å². The number of ether oxygens (including phenoxy) is 1. The second-order valence-electron chi connectivity index (χ2n) is 9.02. The lowest BCUT2D eigenvalue weighted by atomic mass is 9.97. The molecule has 1 amide bonds. The van der Waals surface area contributed by atoms with Crippen LogP contribution in [-0.2, 0) is 32.4 Å². The molecule has 9 heteroatoms. The first kappa shape index (κ1) is 26.7. The first-order valence-electron chi connectivity index (χ1n) is 12.1. The van der Waals surface area contributed by atoms with Crippen LogP contribution in [0.25, 0.3) is 0 Å². The predicted molar refractivity (Wildman–Crippen MR) is 137 cm³/mol. The lowest BCUT2D eigenvalue weighted by molar-refractivity contribution is -0.120. The number of Topliss-reactive ketones (excluding diaryl/α,β-unsaturated/α-hetero) is 1. The molecule has 1 fully saturated rings. The van der Waals surface area contributed by atoms with Gasteiger partial charge in [0.25, 0.3) is 5.91 Å². The highest BCUT2D eigenvalue weighted by Gasteiger charge is 2.24. The molecule has 1 saturated heterocycles. The molecule has 1 heterocycles. The van der Waals surface area contributed by atoms with E-state index in [1.807, 2.05) is 30.3 Å². The average Bonchev–Trinajstić information content (AvgIpc) is 2.90. The first-order chi connectivity index (χ1) is 17.8. The Hall–Kier alpha value is -3.40. The van der Waals surface area contributed by atoms with Crippen LogP contribution < -0.4 is 10.0 Å². The quantitative estimate of drug-likeness (QED) is 0.423. The Labute approximate surface area is 216 Å². The Morgan fingerprint density at radius 3 is 2.19 bits per heavy atom. The molecule has 194 valence electrons. The van der Waals surface area contributed by atoms with Crippen molar-refractivity contribution in [1.29, 1.82) is 0 Å². The number of ketones is 1. The first-order valence-corrected chi connectivity index (χ1v) is 13.6. The molecular weight excluding hydrogens is 495 g/mol. The van der Waals surface area contributed by atoms with Crippen LogP contribution in [0.4, 0.5) is 4.39 Å². The Balaban J connectivity index is 1.45. The Morgan fingerprint density at radius 1 is 0.892 bits per heavy atom. The molecular formula is C28H29FN2O5S. The van der Waals surface area contributed by atoms with E-state index in [2.05, 4.69) is 10.0 Å². The van der Waals surface area contributed by atoms with Crippen LogP contribution in [0.3, 0.4) is 0 Å². The molecule has 0 unspecified atom stereocenters. The van der Waals surface area contributed by atoms with Crippen LogP contribution in [0.1, 0.15) is 34.3 Å². The summed E-state index contributed by atoms with van der Waals surface area (Å²) >= 11 is 0. The third-order valence-corrected chi connectivity index (χ3v) is 7.77. The van der Waals surface area contributed by atoms with Crippen LogP contribution >= 0.6 is 0 Å². The second-order valence-corrected chi connectivity index (χ2v) is 10.7. The average molecular weight is 525 g/mol. The Morgan fingerprint density at radius 2 is 1.54 bits per heavy atom. The van der Waals surface area contributed by atoms with Gasteiger partial charge in [-0.1, -0.05) is 42.5 Å². The third-order valence-electron chi connectivity index (χ3n) is 6.24. The van der Waals surface area contributed by atoms with E-state index in [0.29, 0.717) is 31.6 Å². The van der Waals surface area contributed by atoms with E-state index in [9.17, 15) is 22.4 Å². The second kappa shape index (κ2) is 12.2. The van der Waals surface area contributed by atoms with Gasteiger partial charge in [0.15, 0.2) is 5.78 Å². The normalized spacial score (nSPS) is 15.2. The Kier molecular flexibility index (Phi) is 8.81. The zero-order chi connectivity index (χ0) is 26.3. The third kappa shape index (κ3) is 7.55. The highest BCUT2D eigenvalue weighted by molar-refractivity contribution is 7.89. The van der Waals surface area contributed by atoms with Crippen LogP contribution in [-0.4, -0.2) is 45.4 Å². The lowest BCUT2D eigenvalue weighted by Gasteiger charge is -2.23. The summed E-state index contributed by atoms with van der Waals surface area (Å²) in [6.45, 7) is 1.05. The van der Waals surface area contributed by atoms with Gasteiger partial charge in [-0.2, -0.15) is 0 Å². The van der Waals surface area contributed by atoms with Crippen molar-refractivity contribution in [3.05, 3.63) is 101 Å². The fraction of sp³-hybridized carbons (Fsp3) is 0.286. The standard InChI is InChI=1S/C28H29FN2O5S/c29-23-10-8-22(9-11-23)28(33)30-26(18-20-4-2-1-3-5-20)27(32)19-21-6-12-25(13-7-21)37(34,35)31-24-14-16-36-17-15-24/h1-13,24,26,31H,14-19H2,(H,30,33)/t26-/m0/s1. The maximum atomic E-state index is 13.3. The zero-order valence-electron chi connectivity index (χ0n) is 20.2. The summed E-state index contributed by atoms with van der Waals surface area (Å²) in [5, 5.41) is 2.78. The summed E-state index contributed by atoms with van der Waals surface area (Å²) in [5.41, 5.74) is 1.75. The maximum Gasteiger partial charge on any atom is 0.251 e. The molecule has 7 nitrogen and oxygen atoms in total. The van der Waals surface area contributed by atoms with Crippen LogP contribution in [0.15, 0.2) is 83.8 Å². The van der Waals surface area contributed by atoms with E-state index in [1.54, 1.807) is 12.1 Å².